The van der Waals surface area contributed by atoms with Gasteiger partial charge in [-0.25, -0.2) is 9.37 Å². The van der Waals surface area contributed by atoms with Gasteiger partial charge in [-0.3, -0.25) is 10.1 Å². The molecule has 1 aromatic carbocycles. The van der Waals surface area contributed by atoms with E-state index in [9.17, 15) is 14.5 Å². The molecule has 2 rings (SSSR count). The summed E-state index contributed by atoms with van der Waals surface area (Å²) in [6.45, 7) is 0.415. The van der Waals surface area contributed by atoms with Crippen molar-refractivity contribution >= 4 is 11.4 Å². The zero-order valence-corrected chi connectivity index (χ0v) is 10.6. The van der Waals surface area contributed by atoms with E-state index in [-0.39, 0.29) is 5.69 Å². The van der Waals surface area contributed by atoms with Gasteiger partial charge in [-0.1, -0.05) is 0 Å². The summed E-state index contributed by atoms with van der Waals surface area (Å²) in [7, 11) is 3.56. The molecule has 0 aliphatic rings. The number of hydrogen-bond donors (Lipinski definition) is 0. The van der Waals surface area contributed by atoms with Crippen LogP contribution in [0.5, 0.6) is 0 Å². The van der Waals surface area contributed by atoms with Crippen LogP contribution in [0.2, 0.25) is 0 Å². The largest absolute Gasteiger partial charge is 0.365 e. The number of hydrogen-bond acceptors (Lipinski definition) is 4. The van der Waals surface area contributed by atoms with E-state index < -0.39 is 10.7 Å². The number of nitrogens with zero attached hydrogens (tertiary/aromatic N) is 4. The van der Waals surface area contributed by atoms with Gasteiger partial charge in [0.25, 0.3) is 5.69 Å². The topological polar surface area (TPSA) is 64.2 Å². The lowest BCUT2D eigenvalue weighted by atomic mass is 10.2. The lowest BCUT2D eigenvalue weighted by Crippen LogP contribution is -2.20. The number of anilines is 1. The molecular weight excluding hydrogens is 251 g/mol. The molecule has 0 amide bonds. The molecule has 0 atom stereocenters. The number of benzene rings is 1. The quantitative estimate of drug-likeness (QED) is 0.626. The second kappa shape index (κ2) is 5.05. The maximum absolute atomic E-state index is 13.8. The van der Waals surface area contributed by atoms with Crippen molar-refractivity contribution in [2.75, 3.05) is 11.9 Å². The van der Waals surface area contributed by atoms with Crippen molar-refractivity contribution < 1.29 is 9.31 Å². The predicted octanol–water partition coefficient (Wildman–Crippen LogP) is 2.10. The Bertz CT molecular complexity index is 612. The molecule has 0 saturated heterocycles. The van der Waals surface area contributed by atoms with Gasteiger partial charge in [0.05, 0.1) is 23.2 Å². The van der Waals surface area contributed by atoms with Crippen molar-refractivity contribution in [1.29, 1.82) is 0 Å². The van der Waals surface area contributed by atoms with Crippen LogP contribution in [0.3, 0.4) is 0 Å². The molecule has 0 spiro atoms. The van der Waals surface area contributed by atoms with E-state index in [1.165, 1.54) is 12.1 Å². The van der Waals surface area contributed by atoms with Gasteiger partial charge in [0, 0.05) is 32.6 Å². The average molecular weight is 264 g/mol. The van der Waals surface area contributed by atoms with Crippen molar-refractivity contribution in [3.05, 3.63) is 52.3 Å². The van der Waals surface area contributed by atoms with Crippen LogP contribution in [0.4, 0.5) is 15.8 Å². The number of halogens is 1. The zero-order chi connectivity index (χ0) is 14.0. The molecule has 1 heterocycles. The highest BCUT2D eigenvalue weighted by molar-refractivity contribution is 5.51. The minimum absolute atomic E-state index is 0.258. The van der Waals surface area contributed by atoms with Crippen molar-refractivity contribution in [3.8, 4) is 0 Å². The highest BCUT2D eigenvalue weighted by atomic mass is 19.1. The highest BCUT2D eigenvalue weighted by Gasteiger charge is 2.14. The van der Waals surface area contributed by atoms with E-state index in [0.717, 1.165) is 11.9 Å². The van der Waals surface area contributed by atoms with E-state index in [0.29, 0.717) is 12.2 Å². The minimum atomic E-state index is -0.620. The summed E-state index contributed by atoms with van der Waals surface area (Å²) in [6, 6.07) is 3.61. The van der Waals surface area contributed by atoms with Gasteiger partial charge in [0.1, 0.15) is 5.82 Å². The SMILES string of the molecule is CN(Cc1nccn1C)c1ccc([N+](=O)[O-])cc1F. The first-order valence-electron chi connectivity index (χ1n) is 5.60. The average Bonchev–Trinajstić information content (AvgIpc) is 2.74. The number of nitro benzene ring substituents is 1. The van der Waals surface area contributed by atoms with Crippen LogP contribution in [-0.4, -0.2) is 21.5 Å². The van der Waals surface area contributed by atoms with E-state index >= 15 is 0 Å². The predicted molar refractivity (Wildman–Crippen MR) is 68.4 cm³/mol. The molecule has 0 unspecified atom stereocenters. The molecule has 0 radical (unpaired) electrons. The van der Waals surface area contributed by atoms with Crippen molar-refractivity contribution in [1.82, 2.24) is 9.55 Å². The smallest absolute Gasteiger partial charge is 0.272 e. The van der Waals surface area contributed by atoms with Gasteiger partial charge in [-0.2, -0.15) is 0 Å². The molecule has 0 aliphatic heterocycles. The number of rotatable bonds is 4. The molecule has 0 saturated carbocycles. The fraction of sp³-hybridized carbons (Fsp3) is 0.250. The van der Waals surface area contributed by atoms with Gasteiger partial charge in [0.15, 0.2) is 5.82 Å². The number of nitro groups is 1. The second-order valence-electron chi connectivity index (χ2n) is 4.20. The van der Waals surface area contributed by atoms with Crippen molar-refractivity contribution in [2.24, 2.45) is 7.05 Å². The summed E-state index contributed by atoms with van der Waals surface area (Å²) in [6.07, 6.45) is 3.46. The molecule has 6 nitrogen and oxygen atoms in total. The molecule has 2 aromatic rings. The fourth-order valence-corrected chi connectivity index (χ4v) is 1.77. The Labute approximate surface area is 109 Å². The van der Waals surface area contributed by atoms with Crippen LogP contribution < -0.4 is 4.90 Å². The Kier molecular flexibility index (Phi) is 3.46. The van der Waals surface area contributed by atoms with E-state index in [4.69, 9.17) is 0 Å². The summed E-state index contributed by atoms with van der Waals surface area (Å²) < 4.78 is 15.6. The second-order valence-corrected chi connectivity index (χ2v) is 4.20. The third-order valence-corrected chi connectivity index (χ3v) is 2.85. The first-order valence-corrected chi connectivity index (χ1v) is 5.60. The van der Waals surface area contributed by atoms with Gasteiger partial charge in [0.2, 0.25) is 0 Å². The van der Waals surface area contributed by atoms with E-state index in [1.54, 1.807) is 24.3 Å². The zero-order valence-electron chi connectivity index (χ0n) is 10.6. The van der Waals surface area contributed by atoms with Crippen LogP contribution in [0.1, 0.15) is 5.82 Å². The van der Waals surface area contributed by atoms with Crippen LogP contribution in [-0.2, 0) is 13.6 Å². The normalized spacial score (nSPS) is 10.5. The number of imidazole rings is 1. The molecule has 7 heteroatoms. The van der Waals surface area contributed by atoms with Gasteiger partial charge in [-0.15, -0.1) is 0 Å². The Morgan fingerprint density at radius 3 is 2.79 bits per heavy atom. The fourth-order valence-electron chi connectivity index (χ4n) is 1.77. The Morgan fingerprint density at radius 2 is 2.26 bits per heavy atom. The first kappa shape index (κ1) is 13.0. The number of aryl methyl sites for hydroxylation is 1. The number of non-ortho nitro benzene ring substituents is 1. The molecule has 0 fully saturated rings. The molecule has 19 heavy (non-hydrogen) atoms. The van der Waals surface area contributed by atoms with Crippen molar-refractivity contribution in [2.45, 2.75) is 6.54 Å². The molecule has 0 aliphatic carbocycles. The summed E-state index contributed by atoms with van der Waals surface area (Å²) >= 11 is 0. The summed E-state index contributed by atoms with van der Waals surface area (Å²) in [5.41, 5.74) is 0.0419. The maximum Gasteiger partial charge on any atom is 0.272 e. The van der Waals surface area contributed by atoms with Gasteiger partial charge in [-0.05, 0) is 6.07 Å². The molecule has 100 valence electrons. The lowest BCUT2D eigenvalue weighted by Gasteiger charge is -2.19. The van der Waals surface area contributed by atoms with Gasteiger partial charge < -0.3 is 9.47 Å². The Morgan fingerprint density at radius 1 is 1.53 bits per heavy atom. The lowest BCUT2D eigenvalue weighted by molar-refractivity contribution is -0.385. The standard InChI is InChI=1S/C12H13FN4O2/c1-15-6-5-14-12(15)8-16(2)11-4-3-9(17(18)19)7-10(11)13/h3-7H,8H2,1-2H3. The molecule has 0 N–H and O–H groups in total. The number of aromatic nitrogens is 2. The van der Waals surface area contributed by atoms with Crippen LogP contribution >= 0.6 is 0 Å². The van der Waals surface area contributed by atoms with Crippen molar-refractivity contribution in [3.63, 3.8) is 0 Å². The Balaban J connectivity index is 2.22. The molecule has 0 bridgehead atoms. The summed E-state index contributed by atoms with van der Waals surface area (Å²) in [5, 5.41) is 10.5. The third-order valence-electron chi connectivity index (χ3n) is 2.85. The van der Waals surface area contributed by atoms with E-state index in [2.05, 4.69) is 4.98 Å². The summed E-state index contributed by atoms with van der Waals surface area (Å²) in [4.78, 5) is 15.7. The molecule has 1 aromatic heterocycles. The highest BCUT2D eigenvalue weighted by Crippen LogP contribution is 2.24. The molecular formula is C12H13FN4O2. The third kappa shape index (κ3) is 2.70. The van der Waals surface area contributed by atoms with Crippen LogP contribution in [0.25, 0.3) is 0 Å². The minimum Gasteiger partial charge on any atom is -0.365 e. The first-order chi connectivity index (χ1) is 8.99. The maximum atomic E-state index is 13.8. The van der Waals surface area contributed by atoms with Gasteiger partial charge >= 0.3 is 0 Å². The monoisotopic (exact) mass is 264 g/mol. The Hall–Kier alpha value is -2.44. The summed E-state index contributed by atoms with van der Waals surface area (Å²) in [5.74, 6) is 0.158. The van der Waals surface area contributed by atoms with Crippen LogP contribution in [0, 0.1) is 15.9 Å². The van der Waals surface area contributed by atoms with E-state index in [1.807, 2.05) is 11.6 Å². The van der Waals surface area contributed by atoms with Crippen LogP contribution in [0.15, 0.2) is 30.6 Å².